The van der Waals surface area contributed by atoms with Gasteiger partial charge in [-0.25, -0.2) is 4.99 Å². The monoisotopic (exact) mass is 129 g/mol. The summed E-state index contributed by atoms with van der Waals surface area (Å²) in [4.78, 5) is 7.09. The van der Waals surface area contributed by atoms with Crippen LogP contribution in [0, 0.1) is 0 Å². The minimum absolute atomic E-state index is 0.133. The number of aliphatic hydroxyl groups excluding tert-OH is 1. The highest BCUT2D eigenvalue weighted by Gasteiger charge is 1.82. The van der Waals surface area contributed by atoms with Crippen LogP contribution in [0.3, 0.4) is 0 Å². The lowest BCUT2D eigenvalue weighted by atomic mass is 10.5. The molecule has 0 radical (unpaired) electrons. The SMILES string of the molecule is C=NC(N)=NCCCO. The van der Waals surface area contributed by atoms with E-state index in [-0.39, 0.29) is 12.6 Å². The van der Waals surface area contributed by atoms with Crippen molar-refractivity contribution in [2.24, 2.45) is 15.7 Å². The molecule has 4 nitrogen and oxygen atoms in total. The van der Waals surface area contributed by atoms with Crippen molar-refractivity contribution in [3.8, 4) is 0 Å². The molecule has 0 aliphatic rings. The molecule has 0 saturated carbocycles. The van der Waals surface area contributed by atoms with Crippen molar-refractivity contribution in [2.75, 3.05) is 13.2 Å². The smallest absolute Gasteiger partial charge is 0.214 e. The van der Waals surface area contributed by atoms with Crippen molar-refractivity contribution >= 4 is 12.7 Å². The molecule has 0 fully saturated rings. The van der Waals surface area contributed by atoms with Crippen LogP contribution in [-0.4, -0.2) is 30.9 Å². The molecule has 0 saturated heterocycles. The number of aliphatic hydroxyl groups is 1. The van der Waals surface area contributed by atoms with Crippen LogP contribution in [0.5, 0.6) is 0 Å². The molecule has 0 spiro atoms. The lowest BCUT2D eigenvalue weighted by Crippen LogP contribution is -2.08. The molecule has 3 N–H and O–H groups in total. The van der Waals surface area contributed by atoms with Gasteiger partial charge in [0.15, 0.2) is 0 Å². The largest absolute Gasteiger partial charge is 0.396 e. The molecule has 9 heavy (non-hydrogen) atoms. The van der Waals surface area contributed by atoms with Crippen LogP contribution in [0.15, 0.2) is 9.98 Å². The fraction of sp³-hybridized carbons (Fsp3) is 0.600. The molecule has 0 aromatic heterocycles. The zero-order chi connectivity index (χ0) is 7.11. The molecule has 0 aliphatic heterocycles. The second-order valence-electron chi connectivity index (χ2n) is 1.48. The average molecular weight is 129 g/mol. The summed E-state index contributed by atoms with van der Waals surface area (Å²) in [6, 6.07) is 0. The Hall–Kier alpha value is -0.900. The summed E-state index contributed by atoms with van der Waals surface area (Å²) in [6.45, 7) is 3.82. The van der Waals surface area contributed by atoms with E-state index in [9.17, 15) is 0 Å². The molecular weight excluding hydrogens is 118 g/mol. The van der Waals surface area contributed by atoms with E-state index in [1.165, 1.54) is 0 Å². The number of rotatable bonds is 3. The molecular formula is C5H11N3O. The third-order valence-electron chi connectivity index (χ3n) is 0.752. The summed E-state index contributed by atoms with van der Waals surface area (Å²) < 4.78 is 0. The Labute approximate surface area is 54.1 Å². The third kappa shape index (κ3) is 4.96. The van der Waals surface area contributed by atoms with Crippen LogP contribution in [0.2, 0.25) is 0 Å². The van der Waals surface area contributed by atoms with Crippen molar-refractivity contribution in [3.63, 3.8) is 0 Å². The van der Waals surface area contributed by atoms with Gasteiger partial charge < -0.3 is 10.8 Å². The van der Waals surface area contributed by atoms with Gasteiger partial charge in [-0.1, -0.05) is 0 Å². The Morgan fingerprint density at radius 3 is 2.78 bits per heavy atom. The fourth-order valence-corrected chi connectivity index (χ4v) is 0.314. The van der Waals surface area contributed by atoms with E-state index in [0.717, 1.165) is 0 Å². The van der Waals surface area contributed by atoms with E-state index in [1.54, 1.807) is 0 Å². The van der Waals surface area contributed by atoms with Gasteiger partial charge in [-0.05, 0) is 13.1 Å². The number of guanidine groups is 1. The van der Waals surface area contributed by atoms with Crippen molar-refractivity contribution in [1.82, 2.24) is 0 Å². The fourth-order valence-electron chi connectivity index (χ4n) is 0.314. The van der Waals surface area contributed by atoms with E-state index in [4.69, 9.17) is 10.8 Å². The standard InChI is InChI=1S/C5H11N3O/c1-7-5(6)8-3-2-4-9/h9H,1-4H2,(H2,6,8). The molecule has 4 heteroatoms. The highest BCUT2D eigenvalue weighted by Crippen LogP contribution is 1.78. The van der Waals surface area contributed by atoms with Crippen molar-refractivity contribution in [3.05, 3.63) is 0 Å². The number of hydrogen-bond donors (Lipinski definition) is 2. The van der Waals surface area contributed by atoms with Crippen molar-refractivity contribution in [2.45, 2.75) is 6.42 Å². The molecule has 52 valence electrons. The first-order chi connectivity index (χ1) is 4.31. The summed E-state index contributed by atoms with van der Waals surface area (Å²) in [7, 11) is 0. The molecule has 0 aromatic rings. The first kappa shape index (κ1) is 8.10. The summed E-state index contributed by atoms with van der Waals surface area (Å²) >= 11 is 0. The Bertz CT molecular complexity index is 111. The first-order valence-electron chi connectivity index (χ1n) is 2.68. The molecule has 0 atom stereocenters. The quantitative estimate of drug-likeness (QED) is 0.303. The van der Waals surface area contributed by atoms with E-state index >= 15 is 0 Å². The highest BCUT2D eigenvalue weighted by atomic mass is 16.3. The Morgan fingerprint density at radius 2 is 2.33 bits per heavy atom. The third-order valence-corrected chi connectivity index (χ3v) is 0.752. The van der Waals surface area contributed by atoms with Crippen LogP contribution in [-0.2, 0) is 0 Å². The summed E-state index contributed by atoms with van der Waals surface area (Å²) in [5.74, 6) is 0.184. The Kier molecular flexibility index (Phi) is 4.72. The van der Waals surface area contributed by atoms with Gasteiger partial charge in [0.05, 0.1) is 0 Å². The lowest BCUT2D eigenvalue weighted by molar-refractivity contribution is 0.291. The van der Waals surface area contributed by atoms with Crippen molar-refractivity contribution < 1.29 is 5.11 Å². The molecule has 0 bridgehead atoms. The topological polar surface area (TPSA) is 71.0 Å². The van der Waals surface area contributed by atoms with Gasteiger partial charge in [0, 0.05) is 13.2 Å². The number of nitrogens with two attached hydrogens (primary N) is 1. The second kappa shape index (κ2) is 5.24. The van der Waals surface area contributed by atoms with E-state index in [2.05, 4.69) is 16.7 Å². The summed E-state index contributed by atoms with van der Waals surface area (Å²) in [5.41, 5.74) is 5.15. The van der Waals surface area contributed by atoms with Gasteiger partial charge in [0.1, 0.15) is 0 Å². The lowest BCUT2D eigenvalue weighted by Gasteiger charge is -1.89. The minimum Gasteiger partial charge on any atom is -0.396 e. The van der Waals surface area contributed by atoms with Gasteiger partial charge in [-0.3, -0.25) is 4.99 Å². The van der Waals surface area contributed by atoms with E-state index < -0.39 is 0 Å². The number of nitrogens with zero attached hydrogens (tertiary/aromatic N) is 2. The molecule has 0 unspecified atom stereocenters. The zero-order valence-corrected chi connectivity index (χ0v) is 5.25. The zero-order valence-electron chi connectivity index (χ0n) is 5.25. The molecule has 0 rings (SSSR count). The van der Waals surface area contributed by atoms with E-state index in [1.807, 2.05) is 0 Å². The molecule has 0 aromatic carbocycles. The maximum Gasteiger partial charge on any atom is 0.214 e. The van der Waals surface area contributed by atoms with E-state index in [0.29, 0.717) is 13.0 Å². The first-order valence-corrected chi connectivity index (χ1v) is 2.68. The van der Waals surface area contributed by atoms with Gasteiger partial charge in [-0.15, -0.1) is 0 Å². The highest BCUT2D eigenvalue weighted by molar-refractivity contribution is 5.82. The molecule has 0 aliphatic carbocycles. The van der Waals surface area contributed by atoms with Gasteiger partial charge in [0.25, 0.3) is 0 Å². The predicted octanol–water partition coefficient (Wildman–Crippen LogP) is -0.616. The van der Waals surface area contributed by atoms with Crippen LogP contribution in [0.4, 0.5) is 0 Å². The maximum absolute atomic E-state index is 8.30. The predicted molar refractivity (Wildman–Crippen MR) is 37.7 cm³/mol. The summed E-state index contributed by atoms with van der Waals surface area (Å²) in [5, 5.41) is 8.30. The van der Waals surface area contributed by atoms with Gasteiger partial charge in [0.2, 0.25) is 5.96 Å². The van der Waals surface area contributed by atoms with Crippen LogP contribution in [0.1, 0.15) is 6.42 Å². The number of hydrogen-bond acceptors (Lipinski definition) is 2. The van der Waals surface area contributed by atoms with Crippen LogP contribution >= 0.6 is 0 Å². The van der Waals surface area contributed by atoms with Crippen LogP contribution in [0.25, 0.3) is 0 Å². The Morgan fingerprint density at radius 1 is 1.67 bits per heavy atom. The number of aliphatic imine (C=N–C) groups is 2. The normalized spacial score (nSPS) is 11.4. The maximum atomic E-state index is 8.30. The average Bonchev–Trinajstić information content (AvgIpc) is 1.89. The van der Waals surface area contributed by atoms with Crippen LogP contribution < -0.4 is 5.73 Å². The van der Waals surface area contributed by atoms with Gasteiger partial charge in [-0.2, -0.15) is 0 Å². The summed E-state index contributed by atoms with van der Waals surface area (Å²) in [6.07, 6.45) is 0.621. The Balaban J connectivity index is 3.31. The molecule has 0 amide bonds. The van der Waals surface area contributed by atoms with Gasteiger partial charge >= 0.3 is 0 Å². The minimum atomic E-state index is 0.133. The molecule has 0 heterocycles. The van der Waals surface area contributed by atoms with Crippen molar-refractivity contribution in [1.29, 1.82) is 0 Å². The second-order valence-corrected chi connectivity index (χ2v) is 1.48.